The Bertz CT molecular complexity index is 321. The standard InChI is InChI=1S/C14H18/c1-4-7-13-8-6-9-14(11-13)10-12(3)5-2/h5-6,8-9,11H,2-4,7,10H2,1H3. The van der Waals surface area contributed by atoms with Crippen molar-refractivity contribution in [3.63, 3.8) is 0 Å². The van der Waals surface area contributed by atoms with Crippen molar-refractivity contribution in [2.24, 2.45) is 0 Å². The fourth-order valence-electron chi connectivity index (χ4n) is 1.52. The van der Waals surface area contributed by atoms with Crippen LogP contribution < -0.4 is 0 Å². The second-order valence-electron chi connectivity index (χ2n) is 3.61. The molecule has 14 heavy (non-hydrogen) atoms. The molecule has 0 spiro atoms. The van der Waals surface area contributed by atoms with E-state index in [-0.39, 0.29) is 0 Å². The SMILES string of the molecule is C=CC(=C)Cc1cccc(CCC)c1. The van der Waals surface area contributed by atoms with Gasteiger partial charge in [0.1, 0.15) is 0 Å². The van der Waals surface area contributed by atoms with Crippen LogP contribution in [-0.4, -0.2) is 0 Å². The van der Waals surface area contributed by atoms with E-state index < -0.39 is 0 Å². The molecule has 0 nitrogen and oxygen atoms in total. The van der Waals surface area contributed by atoms with Gasteiger partial charge in [0.25, 0.3) is 0 Å². The van der Waals surface area contributed by atoms with Gasteiger partial charge in [0.2, 0.25) is 0 Å². The molecule has 0 N–H and O–H groups in total. The highest BCUT2D eigenvalue weighted by Crippen LogP contribution is 2.11. The maximum Gasteiger partial charge on any atom is -0.00318 e. The summed E-state index contributed by atoms with van der Waals surface area (Å²) in [5.41, 5.74) is 3.83. The van der Waals surface area contributed by atoms with Gasteiger partial charge >= 0.3 is 0 Å². The van der Waals surface area contributed by atoms with Crippen LogP contribution in [0.1, 0.15) is 24.5 Å². The first-order valence-corrected chi connectivity index (χ1v) is 5.14. The third-order valence-electron chi connectivity index (χ3n) is 2.25. The molecule has 0 aromatic heterocycles. The highest BCUT2D eigenvalue weighted by molar-refractivity contribution is 5.29. The van der Waals surface area contributed by atoms with Crippen LogP contribution in [0, 0.1) is 0 Å². The van der Waals surface area contributed by atoms with Crippen molar-refractivity contribution in [2.45, 2.75) is 26.2 Å². The summed E-state index contributed by atoms with van der Waals surface area (Å²) in [6.45, 7) is 9.85. The zero-order valence-electron chi connectivity index (χ0n) is 8.92. The predicted octanol–water partition coefficient (Wildman–Crippen LogP) is 3.92. The van der Waals surface area contributed by atoms with E-state index in [4.69, 9.17) is 0 Å². The largest absolute Gasteiger partial charge is 0.0988 e. The minimum atomic E-state index is 0.918. The molecule has 0 bridgehead atoms. The maximum atomic E-state index is 3.93. The van der Waals surface area contributed by atoms with Crippen molar-refractivity contribution < 1.29 is 0 Å². The first kappa shape index (κ1) is 10.8. The van der Waals surface area contributed by atoms with Crippen LogP contribution in [0.2, 0.25) is 0 Å². The van der Waals surface area contributed by atoms with Gasteiger partial charge in [0.15, 0.2) is 0 Å². The fraction of sp³-hybridized carbons (Fsp3) is 0.286. The monoisotopic (exact) mass is 186 g/mol. The second-order valence-corrected chi connectivity index (χ2v) is 3.61. The normalized spacial score (nSPS) is 9.79. The molecule has 0 saturated heterocycles. The summed E-state index contributed by atoms with van der Waals surface area (Å²) in [5, 5.41) is 0. The lowest BCUT2D eigenvalue weighted by Crippen LogP contribution is -1.89. The van der Waals surface area contributed by atoms with Crippen LogP contribution in [0.25, 0.3) is 0 Å². The van der Waals surface area contributed by atoms with Crippen molar-refractivity contribution in [1.29, 1.82) is 0 Å². The lowest BCUT2D eigenvalue weighted by molar-refractivity contribution is 0.918. The first-order valence-electron chi connectivity index (χ1n) is 5.14. The molecular formula is C14H18. The molecule has 0 amide bonds. The van der Waals surface area contributed by atoms with Crippen LogP contribution in [0.3, 0.4) is 0 Å². The molecule has 0 heteroatoms. The van der Waals surface area contributed by atoms with Crippen molar-refractivity contribution >= 4 is 0 Å². The van der Waals surface area contributed by atoms with Gasteiger partial charge in [0, 0.05) is 0 Å². The molecular weight excluding hydrogens is 168 g/mol. The lowest BCUT2D eigenvalue weighted by Gasteiger charge is -2.04. The van der Waals surface area contributed by atoms with Gasteiger partial charge < -0.3 is 0 Å². The third-order valence-corrected chi connectivity index (χ3v) is 2.25. The van der Waals surface area contributed by atoms with E-state index in [0.29, 0.717) is 0 Å². The lowest BCUT2D eigenvalue weighted by atomic mass is 10.0. The van der Waals surface area contributed by atoms with Crippen molar-refractivity contribution in [3.05, 3.63) is 60.2 Å². The van der Waals surface area contributed by atoms with E-state index in [1.54, 1.807) is 0 Å². The molecule has 1 aromatic rings. The van der Waals surface area contributed by atoms with E-state index in [2.05, 4.69) is 44.3 Å². The molecule has 74 valence electrons. The quantitative estimate of drug-likeness (QED) is 0.611. The van der Waals surface area contributed by atoms with Crippen LogP contribution in [0.15, 0.2) is 49.1 Å². The molecule has 0 aliphatic heterocycles. The average Bonchev–Trinajstić information content (AvgIpc) is 2.19. The van der Waals surface area contributed by atoms with Gasteiger partial charge in [-0.15, -0.1) is 0 Å². The van der Waals surface area contributed by atoms with Gasteiger partial charge in [-0.25, -0.2) is 0 Å². The summed E-state index contributed by atoms with van der Waals surface area (Å²) in [6, 6.07) is 8.71. The highest BCUT2D eigenvalue weighted by atomic mass is 14.0. The predicted molar refractivity (Wildman–Crippen MR) is 63.5 cm³/mol. The van der Waals surface area contributed by atoms with Gasteiger partial charge in [0.05, 0.1) is 0 Å². The Morgan fingerprint density at radius 2 is 2.07 bits per heavy atom. The first-order chi connectivity index (χ1) is 6.76. The Balaban J connectivity index is 2.72. The van der Waals surface area contributed by atoms with Crippen molar-refractivity contribution in [1.82, 2.24) is 0 Å². The molecule has 0 heterocycles. The third kappa shape index (κ3) is 3.21. The van der Waals surface area contributed by atoms with Crippen LogP contribution in [-0.2, 0) is 12.8 Å². The van der Waals surface area contributed by atoms with Crippen molar-refractivity contribution in [2.75, 3.05) is 0 Å². The Morgan fingerprint density at radius 1 is 1.36 bits per heavy atom. The Labute approximate surface area is 87.0 Å². The van der Waals surface area contributed by atoms with E-state index in [9.17, 15) is 0 Å². The number of benzene rings is 1. The topological polar surface area (TPSA) is 0 Å². The van der Waals surface area contributed by atoms with Crippen molar-refractivity contribution in [3.8, 4) is 0 Å². The molecule has 0 fully saturated rings. The number of hydrogen-bond donors (Lipinski definition) is 0. The average molecular weight is 186 g/mol. The van der Waals surface area contributed by atoms with Gasteiger partial charge in [-0.3, -0.25) is 0 Å². The summed E-state index contributed by atoms with van der Waals surface area (Å²) in [5.74, 6) is 0. The zero-order chi connectivity index (χ0) is 10.4. The van der Waals surface area contributed by atoms with E-state index in [0.717, 1.165) is 18.4 Å². The molecule has 0 atom stereocenters. The molecule has 1 rings (SSSR count). The molecule has 0 aliphatic carbocycles. The molecule has 0 saturated carbocycles. The Morgan fingerprint density at radius 3 is 2.71 bits per heavy atom. The number of allylic oxidation sites excluding steroid dienone is 2. The minimum Gasteiger partial charge on any atom is -0.0988 e. The molecule has 0 radical (unpaired) electrons. The van der Waals surface area contributed by atoms with Crippen LogP contribution in [0.4, 0.5) is 0 Å². The molecule has 1 aromatic carbocycles. The van der Waals surface area contributed by atoms with Gasteiger partial charge in [-0.05, 0) is 24.0 Å². The van der Waals surface area contributed by atoms with Gasteiger partial charge in [-0.2, -0.15) is 0 Å². The summed E-state index contributed by atoms with van der Waals surface area (Å²) < 4.78 is 0. The second kappa shape index (κ2) is 5.43. The summed E-state index contributed by atoms with van der Waals surface area (Å²) in [4.78, 5) is 0. The Hall–Kier alpha value is -1.30. The summed E-state index contributed by atoms with van der Waals surface area (Å²) in [6.07, 6.45) is 5.10. The van der Waals surface area contributed by atoms with Crippen LogP contribution >= 0.6 is 0 Å². The fourth-order valence-corrected chi connectivity index (χ4v) is 1.52. The Kier molecular flexibility index (Phi) is 4.18. The maximum absolute atomic E-state index is 3.93. The number of hydrogen-bond acceptors (Lipinski definition) is 0. The van der Waals surface area contributed by atoms with E-state index in [1.807, 2.05) is 6.08 Å². The van der Waals surface area contributed by atoms with E-state index >= 15 is 0 Å². The van der Waals surface area contributed by atoms with Gasteiger partial charge in [-0.1, -0.05) is 62.4 Å². The van der Waals surface area contributed by atoms with E-state index in [1.165, 1.54) is 17.5 Å². The summed E-state index contributed by atoms with van der Waals surface area (Å²) in [7, 11) is 0. The van der Waals surface area contributed by atoms with Crippen LogP contribution in [0.5, 0.6) is 0 Å². The molecule has 0 aliphatic rings. The molecule has 0 unspecified atom stereocenters. The number of rotatable bonds is 5. The minimum absolute atomic E-state index is 0.918. The summed E-state index contributed by atoms with van der Waals surface area (Å²) >= 11 is 0. The zero-order valence-corrected chi connectivity index (χ0v) is 8.92. The number of aryl methyl sites for hydroxylation is 1. The highest BCUT2D eigenvalue weighted by Gasteiger charge is 1.96. The smallest absolute Gasteiger partial charge is 0.00318 e.